The zero-order chi connectivity index (χ0) is 16.6. The van der Waals surface area contributed by atoms with E-state index in [4.69, 9.17) is 22.1 Å². The predicted molar refractivity (Wildman–Crippen MR) is 90.7 cm³/mol. The van der Waals surface area contributed by atoms with Gasteiger partial charge in [-0.15, -0.1) is 0 Å². The van der Waals surface area contributed by atoms with E-state index in [2.05, 4.69) is 20.0 Å². The maximum Gasteiger partial charge on any atom is 0.220 e. The lowest BCUT2D eigenvalue weighted by molar-refractivity contribution is -0.101. The molecule has 128 valence electrons. The van der Waals surface area contributed by atoms with Crippen LogP contribution >= 0.6 is 11.6 Å². The molecule has 0 aliphatic carbocycles. The second kappa shape index (κ2) is 6.31. The molecule has 1 saturated heterocycles. The Morgan fingerprint density at radius 1 is 1.25 bits per heavy atom. The van der Waals surface area contributed by atoms with Crippen molar-refractivity contribution >= 4 is 17.5 Å². The first-order valence-corrected chi connectivity index (χ1v) is 8.69. The Kier molecular flexibility index (Phi) is 4.15. The SMILES string of the molecule is Nc1ncc2c(n1)C1(CCN(CCn3cc(Cl)cn3)CC1)OCC2. The van der Waals surface area contributed by atoms with Gasteiger partial charge in [0, 0.05) is 32.0 Å². The van der Waals surface area contributed by atoms with E-state index in [0.717, 1.165) is 57.7 Å². The van der Waals surface area contributed by atoms with Crippen molar-refractivity contribution in [2.75, 3.05) is 32.0 Å². The van der Waals surface area contributed by atoms with Gasteiger partial charge in [0.25, 0.3) is 0 Å². The van der Waals surface area contributed by atoms with Gasteiger partial charge in [-0.25, -0.2) is 9.97 Å². The number of piperidine rings is 1. The molecule has 2 aliphatic rings. The third-order valence-electron chi connectivity index (χ3n) is 4.98. The van der Waals surface area contributed by atoms with E-state index >= 15 is 0 Å². The Morgan fingerprint density at radius 3 is 2.83 bits per heavy atom. The average molecular weight is 349 g/mol. The summed E-state index contributed by atoms with van der Waals surface area (Å²) in [5.41, 5.74) is 7.68. The van der Waals surface area contributed by atoms with Gasteiger partial charge in [-0.3, -0.25) is 4.68 Å². The minimum Gasteiger partial charge on any atom is -0.368 e. The number of halogens is 1. The molecule has 8 heteroatoms. The monoisotopic (exact) mass is 348 g/mol. The fourth-order valence-corrected chi connectivity index (χ4v) is 3.80. The van der Waals surface area contributed by atoms with Crippen molar-refractivity contribution in [1.82, 2.24) is 24.6 Å². The highest BCUT2D eigenvalue weighted by molar-refractivity contribution is 6.30. The Balaban J connectivity index is 1.42. The quantitative estimate of drug-likeness (QED) is 0.904. The number of nitrogen functional groups attached to an aromatic ring is 1. The van der Waals surface area contributed by atoms with Crippen LogP contribution in [0.5, 0.6) is 0 Å². The van der Waals surface area contributed by atoms with Crippen LogP contribution in [0.25, 0.3) is 0 Å². The number of rotatable bonds is 3. The van der Waals surface area contributed by atoms with Crippen LogP contribution < -0.4 is 5.73 Å². The first-order chi connectivity index (χ1) is 11.6. The predicted octanol–water partition coefficient (Wildman–Crippen LogP) is 1.47. The fourth-order valence-electron chi connectivity index (χ4n) is 3.65. The van der Waals surface area contributed by atoms with Crippen LogP contribution in [-0.4, -0.2) is 50.9 Å². The van der Waals surface area contributed by atoms with Crippen LogP contribution in [0, 0.1) is 0 Å². The lowest BCUT2D eigenvalue weighted by atomic mass is 9.83. The molecule has 4 heterocycles. The second-order valence-electron chi connectivity index (χ2n) is 6.46. The highest BCUT2D eigenvalue weighted by Crippen LogP contribution is 2.40. The molecule has 7 nitrogen and oxygen atoms in total. The van der Waals surface area contributed by atoms with E-state index in [1.54, 1.807) is 6.20 Å². The fraction of sp³-hybridized carbons (Fsp3) is 0.562. The van der Waals surface area contributed by atoms with Gasteiger partial charge in [-0.1, -0.05) is 11.6 Å². The summed E-state index contributed by atoms with van der Waals surface area (Å²) in [4.78, 5) is 11.1. The molecular weight excluding hydrogens is 328 g/mol. The Hall–Kier alpha value is -1.70. The highest BCUT2D eigenvalue weighted by Gasteiger charge is 2.42. The largest absolute Gasteiger partial charge is 0.368 e. The number of hydrogen-bond acceptors (Lipinski definition) is 6. The summed E-state index contributed by atoms with van der Waals surface area (Å²) in [6.45, 7) is 4.46. The molecule has 2 aromatic rings. The van der Waals surface area contributed by atoms with Crippen molar-refractivity contribution < 1.29 is 4.74 Å². The van der Waals surface area contributed by atoms with Gasteiger partial charge < -0.3 is 15.4 Å². The zero-order valence-electron chi connectivity index (χ0n) is 13.5. The molecule has 4 rings (SSSR count). The van der Waals surface area contributed by atoms with Crippen LogP contribution in [0.15, 0.2) is 18.6 Å². The Labute approximate surface area is 145 Å². The smallest absolute Gasteiger partial charge is 0.220 e. The molecule has 1 fully saturated rings. The molecule has 2 aromatic heterocycles. The van der Waals surface area contributed by atoms with Gasteiger partial charge in [0.15, 0.2) is 0 Å². The number of hydrogen-bond donors (Lipinski definition) is 1. The maximum atomic E-state index is 6.19. The number of aromatic nitrogens is 4. The summed E-state index contributed by atoms with van der Waals surface area (Å²) < 4.78 is 8.08. The number of fused-ring (bicyclic) bond motifs is 2. The molecule has 0 saturated carbocycles. The van der Waals surface area contributed by atoms with Gasteiger partial charge in [-0.2, -0.15) is 5.10 Å². The molecule has 0 unspecified atom stereocenters. The lowest BCUT2D eigenvalue weighted by Crippen LogP contribution is -2.47. The molecule has 0 radical (unpaired) electrons. The summed E-state index contributed by atoms with van der Waals surface area (Å²) in [5, 5.41) is 4.90. The molecule has 2 aliphatic heterocycles. The van der Waals surface area contributed by atoms with Gasteiger partial charge in [0.05, 0.1) is 30.1 Å². The number of nitrogens with two attached hydrogens (primary N) is 1. The van der Waals surface area contributed by atoms with Gasteiger partial charge >= 0.3 is 0 Å². The first-order valence-electron chi connectivity index (χ1n) is 8.31. The van der Waals surface area contributed by atoms with Gasteiger partial charge in [0.1, 0.15) is 5.60 Å². The maximum absolute atomic E-state index is 6.19. The van der Waals surface area contributed by atoms with Gasteiger partial charge in [-0.05, 0) is 24.8 Å². The topological polar surface area (TPSA) is 82.1 Å². The Morgan fingerprint density at radius 2 is 2.08 bits per heavy atom. The highest BCUT2D eigenvalue weighted by atomic mass is 35.5. The van der Waals surface area contributed by atoms with E-state index < -0.39 is 0 Å². The van der Waals surface area contributed by atoms with Crippen LogP contribution in [0.2, 0.25) is 5.02 Å². The standard InChI is InChI=1S/C16H21ClN6O/c17-13-10-20-23(11-13)7-6-22-4-2-16(3-5-22)14-12(1-8-24-16)9-19-15(18)21-14/h9-11H,1-8H2,(H2,18,19,21). The third-order valence-corrected chi connectivity index (χ3v) is 5.17. The molecule has 0 aromatic carbocycles. The molecule has 2 N–H and O–H groups in total. The molecule has 0 bridgehead atoms. The first kappa shape index (κ1) is 15.8. The van der Waals surface area contributed by atoms with Crippen molar-refractivity contribution in [2.24, 2.45) is 0 Å². The molecule has 1 spiro atoms. The van der Waals surface area contributed by atoms with Crippen molar-refractivity contribution in [1.29, 1.82) is 0 Å². The normalized spacial score (nSPS) is 20.2. The minimum absolute atomic E-state index is 0.295. The van der Waals surface area contributed by atoms with E-state index in [1.807, 2.05) is 17.1 Å². The molecule has 0 amide bonds. The molecular formula is C16H21ClN6O. The number of anilines is 1. The molecule has 0 atom stereocenters. The minimum atomic E-state index is -0.295. The summed E-state index contributed by atoms with van der Waals surface area (Å²) in [5.74, 6) is 0.330. The zero-order valence-corrected chi connectivity index (χ0v) is 14.2. The van der Waals surface area contributed by atoms with E-state index in [-0.39, 0.29) is 5.60 Å². The van der Waals surface area contributed by atoms with Crippen LogP contribution in [-0.2, 0) is 23.3 Å². The Bertz CT molecular complexity index is 725. The number of likely N-dealkylation sites (tertiary alicyclic amines) is 1. The van der Waals surface area contributed by atoms with E-state index in [9.17, 15) is 0 Å². The summed E-state index contributed by atoms with van der Waals surface area (Å²) >= 11 is 5.90. The lowest BCUT2D eigenvalue weighted by Gasteiger charge is -2.44. The summed E-state index contributed by atoms with van der Waals surface area (Å²) in [7, 11) is 0. The molecule has 24 heavy (non-hydrogen) atoms. The summed E-state index contributed by atoms with van der Waals surface area (Å²) in [6, 6.07) is 0. The van der Waals surface area contributed by atoms with E-state index in [0.29, 0.717) is 11.0 Å². The van der Waals surface area contributed by atoms with E-state index in [1.165, 1.54) is 5.56 Å². The van der Waals surface area contributed by atoms with Crippen LogP contribution in [0.4, 0.5) is 5.95 Å². The summed E-state index contributed by atoms with van der Waals surface area (Å²) in [6.07, 6.45) is 8.10. The van der Waals surface area contributed by atoms with Crippen molar-refractivity contribution in [3.63, 3.8) is 0 Å². The number of ether oxygens (including phenoxy) is 1. The van der Waals surface area contributed by atoms with Gasteiger partial charge in [0.2, 0.25) is 5.95 Å². The van der Waals surface area contributed by atoms with Crippen LogP contribution in [0.1, 0.15) is 24.1 Å². The third kappa shape index (κ3) is 2.99. The van der Waals surface area contributed by atoms with Crippen molar-refractivity contribution in [2.45, 2.75) is 31.4 Å². The number of nitrogens with zero attached hydrogens (tertiary/aromatic N) is 5. The second-order valence-corrected chi connectivity index (χ2v) is 6.89. The van der Waals surface area contributed by atoms with Crippen molar-refractivity contribution in [3.05, 3.63) is 34.9 Å². The average Bonchev–Trinajstić information content (AvgIpc) is 3.01. The van der Waals surface area contributed by atoms with Crippen LogP contribution in [0.3, 0.4) is 0 Å². The van der Waals surface area contributed by atoms with Crippen molar-refractivity contribution in [3.8, 4) is 0 Å².